The third-order valence-corrected chi connectivity index (χ3v) is 4.14. The number of carbonyl (C=O) groups is 2. The lowest BCUT2D eigenvalue weighted by Gasteiger charge is -2.33. The van der Waals surface area contributed by atoms with Gasteiger partial charge in [-0.2, -0.15) is 5.10 Å². The summed E-state index contributed by atoms with van der Waals surface area (Å²) in [6.45, 7) is 14.2. The third kappa shape index (κ3) is 6.07. The molecule has 0 aliphatic heterocycles. The Labute approximate surface area is 150 Å². The Hall–Kier alpha value is -2.05. The minimum Gasteiger partial charge on any atom is -0.444 e. The van der Waals surface area contributed by atoms with Gasteiger partial charge in [0, 0.05) is 13.1 Å². The summed E-state index contributed by atoms with van der Waals surface area (Å²) in [5.41, 5.74) is 0.241. The summed E-state index contributed by atoms with van der Waals surface area (Å²) in [6.07, 6.45) is 0.886. The van der Waals surface area contributed by atoms with Crippen LogP contribution in [0.15, 0.2) is 6.07 Å². The van der Waals surface area contributed by atoms with Crippen LogP contribution in [0.4, 0.5) is 4.79 Å². The van der Waals surface area contributed by atoms with E-state index in [0.29, 0.717) is 31.6 Å². The van der Waals surface area contributed by atoms with Crippen molar-refractivity contribution in [2.75, 3.05) is 6.54 Å². The van der Waals surface area contributed by atoms with E-state index in [0.717, 1.165) is 5.69 Å². The van der Waals surface area contributed by atoms with Crippen molar-refractivity contribution in [3.8, 4) is 0 Å². The number of aryl methyl sites for hydroxylation is 2. The van der Waals surface area contributed by atoms with Crippen LogP contribution in [0.2, 0.25) is 0 Å². The zero-order valence-corrected chi connectivity index (χ0v) is 16.5. The number of carbonyl (C=O) groups excluding carboxylic acids is 2. The molecule has 1 aromatic heterocycles. The molecule has 7 heteroatoms. The molecule has 0 fully saturated rings. The van der Waals surface area contributed by atoms with Crippen molar-refractivity contribution in [1.82, 2.24) is 20.4 Å². The Bertz CT molecular complexity index is 598. The summed E-state index contributed by atoms with van der Waals surface area (Å²) in [7, 11) is 0. The maximum absolute atomic E-state index is 12.7. The van der Waals surface area contributed by atoms with Crippen molar-refractivity contribution in [1.29, 1.82) is 0 Å². The van der Waals surface area contributed by atoms with Gasteiger partial charge in [-0.25, -0.2) is 4.79 Å². The van der Waals surface area contributed by atoms with Crippen molar-refractivity contribution in [2.45, 2.75) is 79.0 Å². The molecular formula is C18H32N4O3. The van der Waals surface area contributed by atoms with Crippen LogP contribution in [-0.2, 0) is 11.3 Å². The predicted octanol–water partition coefficient (Wildman–Crippen LogP) is 3.02. The van der Waals surface area contributed by atoms with Crippen LogP contribution in [0.1, 0.15) is 70.6 Å². The molecule has 0 unspecified atom stereocenters. The highest BCUT2D eigenvalue weighted by atomic mass is 16.6. The highest BCUT2D eigenvalue weighted by molar-refractivity contribution is 5.93. The van der Waals surface area contributed by atoms with E-state index in [1.54, 1.807) is 10.7 Å². The first kappa shape index (κ1) is 21.0. The van der Waals surface area contributed by atoms with E-state index >= 15 is 0 Å². The quantitative estimate of drug-likeness (QED) is 0.790. The minimum absolute atomic E-state index is 0.183. The van der Waals surface area contributed by atoms with Crippen LogP contribution in [-0.4, -0.2) is 39.5 Å². The van der Waals surface area contributed by atoms with E-state index in [9.17, 15) is 9.59 Å². The summed E-state index contributed by atoms with van der Waals surface area (Å²) in [5.74, 6) is -0.183. The van der Waals surface area contributed by atoms with E-state index < -0.39 is 17.2 Å². The maximum Gasteiger partial charge on any atom is 0.407 e. The molecule has 25 heavy (non-hydrogen) atoms. The largest absolute Gasteiger partial charge is 0.444 e. The van der Waals surface area contributed by atoms with Gasteiger partial charge in [-0.15, -0.1) is 0 Å². The molecule has 7 nitrogen and oxygen atoms in total. The zero-order valence-electron chi connectivity index (χ0n) is 16.5. The van der Waals surface area contributed by atoms with Gasteiger partial charge in [0.25, 0.3) is 5.91 Å². The predicted molar refractivity (Wildman–Crippen MR) is 97.7 cm³/mol. The number of nitrogens with one attached hydrogen (secondary N) is 2. The molecule has 142 valence electrons. The van der Waals surface area contributed by atoms with Crippen molar-refractivity contribution >= 4 is 12.0 Å². The van der Waals surface area contributed by atoms with Crippen LogP contribution in [0, 0.1) is 6.92 Å². The van der Waals surface area contributed by atoms with Crippen LogP contribution >= 0.6 is 0 Å². The second-order valence-corrected chi connectivity index (χ2v) is 7.28. The van der Waals surface area contributed by atoms with Gasteiger partial charge in [0.1, 0.15) is 11.3 Å². The number of hydrogen-bond donors (Lipinski definition) is 2. The van der Waals surface area contributed by atoms with Crippen molar-refractivity contribution in [3.63, 3.8) is 0 Å². The highest BCUT2D eigenvalue weighted by Gasteiger charge is 2.31. The average molecular weight is 352 g/mol. The van der Waals surface area contributed by atoms with Gasteiger partial charge < -0.3 is 15.4 Å². The van der Waals surface area contributed by atoms with E-state index in [2.05, 4.69) is 15.7 Å². The number of alkyl carbamates (subject to hydrolysis) is 1. The van der Waals surface area contributed by atoms with Gasteiger partial charge in [-0.05, 0) is 53.5 Å². The molecule has 0 radical (unpaired) electrons. The number of rotatable bonds is 7. The van der Waals surface area contributed by atoms with E-state index in [1.165, 1.54) is 0 Å². The molecule has 0 saturated heterocycles. The summed E-state index contributed by atoms with van der Waals surface area (Å²) in [5, 5.41) is 10.2. The highest BCUT2D eigenvalue weighted by Crippen LogP contribution is 2.16. The molecular weight excluding hydrogens is 320 g/mol. The Morgan fingerprint density at radius 3 is 2.28 bits per heavy atom. The van der Waals surface area contributed by atoms with E-state index in [1.807, 2.05) is 48.5 Å². The molecule has 0 spiro atoms. The van der Waals surface area contributed by atoms with Gasteiger partial charge in [0.15, 0.2) is 0 Å². The van der Waals surface area contributed by atoms with Crippen molar-refractivity contribution < 1.29 is 14.3 Å². The van der Waals surface area contributed by atoms with Gasteiger partial charge >= 0.3 is 6.09 Å². The van der Waals surface area contributed by atoms with Crippen LogP contribution in [0.3, 0.4) is 0 Å². The molecule has 0 bridgehead atoms. The fourth-order valence-electron chi connectivity index (χ4n) is 2.55. The van der Waals surface area contributed by atoms with E-state index in [-0.39, 0.29) is 5.91 Å². The molecule has 0 aliphatic rings. The zero-order chi connectivity index (χ0) is 19.3. The minimum atomic E-state index is -0.556. The molecule has 0 atom stereocenters. The van der Waals surface area contributed by atoms with Crippen LogP contribution in [0.5, 0.6) is 0 Å². The standard InChI is InChI=1S/C18H32N4O3/c1-8-18(9-2,12-19-16(24)25-17(5,6)7)20-15(23)14-11-13(4)21-22(14)10-3/h11H,8-10,12H2,1-7H3,(H,19,24)(H,20,23). The average Bonchev–Trinajstić information content (AvgIpc) is 2.91. The Morgan fingerprint density at radius 2 is 1.80 bits per heavy atom. The maximum atomic E-state index is 12.7. The first-order valence-electron chi connectivity index (χ1n) is 8.89. The summed E-state index contributed by atoms with van der Waals surface area (Å²) < 4.78 is 6.96. The third-order valence-electron chi connectivity index (χ3n) is 4.14. The lowest BCUT2D eigenvalue weighted by molar-refractivity contribution is 0.0501. The first-order chi connectivity index (χ1) is 11.6. The smallest absolute Gasteiger partial charge is 0.407 e. The fourth-order valence-corrected chi connectivity index (χ4v) is 2.55. The first-order valence-corrected chi connectivity index (χ1v) is 8.89. The number of hydrogen-bond acceptors (Lipinski definition) is 4. The second-order valence-electron chi connectivity index (χ2n) is 7.28. The van der Waals surface area contributed by atoms with Crippen LogP contribution < -0.4 is 10.6 Å². The molecule has 2 N–H and O–H groups in total. The number of ether oxygens (including phenoxy) is 1. The molecule has 1 aromatic rings. The number of aromatic nitrogens is 2. The fraction of sp³-hybridized carbons (Fsp3) is 0.722. The van der Waals surface area contributed by atoms with Crippen LogP contribution in [0.25, 0.3) is 0 Å². The van der Waals surface area contributed by atoms with Gasteiger partial charge in [0.05, 0.1) is 11.2 Å². The van der Waals surface area contributed by atoms with Gasteiger partial charge in [0.2, 0.25) is 0 Å². The number of nitrogens with zero attached hydrogens (tertiary/aromatic N) is 2. The molecule has 1 rings (SSSR count). The van der Waals surface area contributed by atoms with E-state index in [4.69, 9.17) is 4.74 Å². The topological polar surface area (TPSA) is 85.3 Å². The summed E-state index contributed by atoms with van der Waals surface area (Å²) in [4.78, 5) is 24.7. The number of amides is 2. The normalized spacial score (nSPS) is 12.0. The van der Waals surface area contributed by atoms with Crippen molar-refractivity contribution in [2.24, 2.45) is 0 Å². The Morgan fingerprint density at radius 1 is 1.20 bits per heavy atom. The SMILES string of the molecule is CCn1nc(C)cc1C(=O)NC(CC)(CC)CNC(=O)OC(C)(C)C. The molecule has 0 saturated carbocycles. The Kier molecular flexibility index (Phi) is 7.02. The molecule has 1 heterocycles. The summed E-state index contributed by atoms with van der Waals surface area (Å²) >= 11 is 0. The monoisotopic (exact) mass is 352 g/mol. The summed E-state index contributed by atoms with van der Waals surface area (Å²) in [6, 6.07) is 1.77. The van der Waals surface area contributed by atoms with Gasteiger partial charge in [-0.1, -0.05) is 13.8 Å². The van der Waals surface area contributed by atoms with Gasteiger partial charge in [-0.3, -0.25) is 9.48 Å². The molecule has 0 aliphatic carbocycles. The van der Waals surface area contributed by atoms with Crippen molar-refractivity contribution in [3.05, 3.63) is 17.5 Å². The second kappa shape index (κ2) is 8.36. The lowest BCUT2D eigenvalue weighted by Crippen LogP contribution is -2.55. The molecule has 2 amide bonds. The molecule has 0 aromatic carbocycles. The lowest BCUT2D eigenvalue weighted by atomic mass is 9.92. The Balaban J connectivity index is 2.84.